The Morgan fingerprint density at radius 1 is 1.35 bits per heavy atom. The Kier molecular flexibility index (Phi) is 2.80. The summed E-state index contributed by atoms with van der Waals surface area (Å²) < 4.78 is 25.4. The minimum atomic E-state index is -3.64. The second kappa shape index (κ2) is 4.01. The quantitative estimate of drug-likeness (QED) is 0.760. The molecule has 0 atom stereocenters. The van der Waals surface area contributed by atoms with Crippen molar-refractivity contribution in [3.63, 3.8) is 0 Å². The van der Waals surface area contributed by atoms with Gasteiger partial charge in [0.05, 0.1) is 11.3 Å². The molecule has 0 aromatic heterocycles. The molecule has 0 radical (unpaired) electrons. The van der Waals surface area contributed by atoms with E-state index in [1.807, 2.05) is 0 Å². The van der Waals surface area contributed by atoms with Gasteiger partial charge in [0.25, 0.3) is 0 Å². The molecule has 1 saturated heterocycles. The molecule has 0 spiro atoms. The molecule has 1 aliphatic rings. The van der Waals surface area contributed by atoms with Gasteiger partial charge in [-0.15, -0.1) is 0 Å². The van der Waals surface area contributed by atoms with Crippen LogP contribution in [0.2, 0.25) is 0 Å². The van der Waals surface area contributed by atoms with Crippen molar-refractivity contribution in [1.29, 1.82) is 0 Å². The predicted octanol–water partition coefficient (Wildman–Crippen LogP) is 0.361. The number of anilines is 1. The number of hydrogen-bond acceptors (Lipinski definition) is 4. The zero-order chi connectivity index (χ0) is 12.6. The molecular formula is C10H12N2O4S. The number of sulfonamides is 1. The Labute approximate surface area is 98.7 Å². The van der Waals surface area contributed by atoms with Crippen LogP contribution in [0.3, 0.4) is 0 Å². The summed E-state index contributed by atoms with van der Waals surface area (Å²) in [4.78, 5) is 10.7. The SMILES string of the molecule is Nc1ccc(C(=O)O)cc1S(=O)(=O)N1CCC1. The molecule has 0 bridgehead atoms. The highest BCUT2D eigenvalue weighted by Crippen LogP contribution is 2.26. The molecule has 2 rings (SSSR count). The van der Waals surface area contributed by atoms with E-state index in [4.69, 9.17) is 10.8 Å². The fourth-order valence-corrected chi connectivity index (χ4v) is 3.22. The van der Waals surface area contributed by atoms with Crippen molar-refractivity contribution in [2.45, 2.75) is 11.3 Å². The molecule has 3 N–H and O–H groups in total. The summed E-state index contributed by atoms with van der Waals surface area (Å²) in [5.41, 5.74) is 5.58. The molecule has 1 aromatic rings. The summed E-state index contributed by atoms with van der Waals surface area (Å²) in [6, 6.07) is 3.69. The third-order valence-electron chi connectivity index (χ3n) is 2.69. The van der Waals surface area contributed by atoms with Crippen LogP contribution in [-0.2, 0) is 10.0 Å². The van der Waals surface area contributed by atoms with Crippen molar-refractivity contribution < 1.29 is 18.3 Å². The topological polar surface area (TPSA) is 101 Å². The van der Waals surface area contributed by atoms with E-state index in [2.05, 4.69) is 0 Å². The molecule has 1 heterocycles. The molecule has 0 saturated carbocycles. The average Bonchev–Trinajstić information content (AvgIpc) is 2.13. The first-order valence-electron chi connectivity index (χ1n) is 5.06. The van der Waals surface area contributed by atoms with Crippen molar-refractivity contribution in [3.05, 3.63) is 23.8 Å². The smallest absolute Gasteiger partial charge is 0.335 e. The van der Waals surface area contributed by atoms with Gasteiger partial charge in [0.2, 0.25) is 10.0 Å². The van der Waals surface area contributed by atoms with Crippen molar-refractivity contribution >= 4 is 21.7 Å². The molecule has 0 aliphatic carbocycles. The summed E-state index contributed by atoms with van der Waals surface area (Å²) in [5.74, 6) is -1.18. The Hall–Kier alpha value is -1.60. The van der Waals surface area contributed by atoms with Crippen LogP contribution in [0.1, 0.15) is 16.8 Å². The number of nitrogens with zero attached hydrogens (tertiary/aromatic N) is 1. The number of rotatable bonds is 3. The maximum absolute atomic E-state index is 12.1. The van der Waals surface area contributed by atoms with Crippen LogP contribution in [0.25, 0.3) is 0 Å². The van der Waals surface area contributed by atoms with Gasteiger partial charge in [-0.1, -0.05) is 0 Å². The minimum Gasteiger partial charge on any atom is -0.478 e. The van der Waals surface area contributed by atoms with Gasteiger partial charge in [0.1, 0.15) is 4.90 Å². The maximum atomic E-state index is 12.1. The third kappa shape index (κ3) is 1.98. The molecule has 17 heavy (non-hydrogen) atoms. The van der Waals surface area contributed by atoms with Gasteiger partial charge in [0.15, 0.2) is 0 Å². The van der Waals surface area contributed by atoms with Gasteiger partial charge in [-0.2, -0.15) is 4.31 Å². The lowest BCUT2D eigenvalue weighted by molar-refractivity contribution is 0.0696. The Balaban J connectivity index is 2.50. The van der Waals surface area contributed by atoms with Crippen molar-refractivity contribution in [1.82, 2.24) is 4.31 Å². The van der Waals surface area contributed by atoms with Crippen LogP contribution < -0.4 is 5.73 Å². The zero-order valence-corrected chi connectivity index (χ0v) is 9.77. The summed E-state index contributed by atoms with van der Waals surface area (Å²) in [6.45, 7) is 0.915. The second-order valence-corrected chi connectivity index (χ2v) is 5.72. The highest BCUT2D eigenvalue weighted by Gasteiger charge is 2.31. The standard InChI is InChI=1S/C10H12N2O4S/c11-8-3-2-7(10(13)14)6-9(8)17(15,16)12-4-1-5-12/h2-3,6H,1,4-5,11H2,(H,13,14). The second-order valence-electron chi connectivity index (χ2n) is 3.82. The number of benzene rings is 1. The number of aromatic carboxylic acids is 1. The van der Waals surface area contributed by atoms with Gasteiger partial charge >= 0.3 is 5.97 Å². The van der Waals surface area contributed by atoms with Crippen molar-refractivity contribution in [2.75, 3.05) is 18.8 Å². The van der Waals surface area contributed by atoms with Crippen LogP contribution in [0.4, 0.5) is 5.69 Å². The number of carboxylic acid groups (broad SMARTS) is 1. The molecule has 6 nitrogen and oxygen atoms in total. The normalized spacial score (nSPS) is 16.5. The molecule has 1 aromatic carbocycles. The number of hydrogen-bond donors (Lipinski definition) is 2. The molecule has 1 fully saturated rings. The lowest BCUT2D eigenvalue weighted by Crippen LogP contribution is -2.42. The average molecular weight is 256 g/mol. The highest BCUT2D eigenvalue weighted by molar-refractivity contribution is 7.89. The predicted molar refractivity (Wildman–Crippen MR) is 61.2 cm³/mol. The molecule has 7 heteroatoms. The molecule has 92 valence electrons. The van der Waals surface area contributed by atoms with Crippen molar-refractivity contribution in [2.24, 2.45) is 0 Å². The van der Waals surface area contributed by atoms with Crippen LogP contribution >= 0.6 is 0 Å². The largest absolute Gasteiger partial charge is 0.478 e. The summed E-state index contributed by atoms with van der Waals surface area (Å²) in [6.07, 6.45) is 0.817. The van der Waals surface area contributed by atoms with Crippen molar-refractivity contribution in [3.8, 4) is 0 Å². The number of carboxylic acids is 1. The van der Waals surface area contributed by atoms with Crippen LogP contribution in [0.5, 0.6) is 0 Å². The Morgan fingerprint density at radius 2 is 2.00 bits per heavy atom. The lowest BCUT2D eigenvalue weighted by Gasteiger charge is -2.30. The summed E-state index contributed by atoms with van der Waals surface area (Å²) in [5, 5.41) is 8.83. The lowest BCUT2D eigenvalue weighted by atomic mass is 10.2. The fraction of sp³-hybridized carbons (Fsp3) is 0.300. The summed E-state index contributed by atoms with van der Waals surface area (Å²) >= 11 is 0. The first kappa shape index (κ1) is 11.9. The van der Waals surface area contributed by atoms with E-state index in [0.717, 1.165) is 12.5 Å². The third-order valence-corrected chi connectivity index (χ3v) is 4.65. The van der Waals surface area contributed by atoms with Crippen LogP contribution in [0, 0.1) is 0 Å². The first-order valence-corrected chi connectivity index (χ1v) is 6.50. The van der Waals surface area contributed by atoms with E-state index in [0.29, 0.717) is 13.1 Å². The number of nitrogens with two attached hydrogens (primary N) is 1. The fourth-order valence-electron chi connectivity index (χ4n) is 1.56. The molecule has 1 aliphatic heterocycles. The molecule has 0 unspecified atom stereocenters. The number of carbonyl (C=O) groups is 1. The van der Waals surface area contributed by atoms with Crippen LogP contribution in [0.15, 0.2) is 23.1 Å². The van der Waals surface area contributed by atoms with Gasteiger partial charge in [-0.25, -0.2) is 13.2 Å². The minimum absolute atomic E-state index is 0.0712. The van der Waals surface area contributed by atoms with Gasteiger partial charge < -0.3 is 10.8 Å². The van der Waals surface area contributed by atoms with E-state index in [1.54, 1.807) is 0 Å². The number of nitrogen functional groups attached to an aromatic ring is 1. The van der Waals surface area contributed by atoms with E-state index in [1.165, 1.54) is 16.4 Å². The monoisotopic (exact) mass is 256 g/mol. The van der Waals surface area contributed by atoms with E-state index in [-0.39, 0.29) is 16.1 Å². The van der Waals surface area contributed by atoms with E-state index < -0.39 is 16.0 Å². The van der Waals surface area contributed by atoms with E-state index >= 15 is 0 Å². The summed E-state index contributed by atoms with van der Waals surface area (Å²) in [7, 11) is -3.64. The van der Waals surface area contributed by atoms with Gasteiger partial charge in [-0.3, -0.25) is 0 Å². The van der Waals surface area contributed by atoms with Gasteiger partial charge in [0, 0.05) is 13.1 Å². The maximum Gasteiger partial charge on any atom is 0.335 e. The molecular weight excluding hydrogens is 244 g/mol. The van der Waals surface area contributed by atoms with E-state index in [9.17, 15) is 13.2 Å². The van der Waals surface area contributed by atoms with Crippen LogP contribution in [-0.4, -0.2) is 36.9 Å². The first-order chi connectivity index (χ1) is 7.93. The highest BCUT2D eigenvalue weighted by atomic mass is 32.2. The zero-order valence-electron chi connectivity index (χ0n) is 8.96. The Morgan fingerprint density at radius 3 is 2.47 bits per heavy atom. The molecule has 0 amide bonds. The van der Waals surface area contributed by atoms with Gasteiger partial charge in [-0.05, 0) is 24.6 Å². The Bertz CT molecular complexity index is 564.